The minimum absolute atomic E-state index is 0.00757. The second-order valence-corrected chi connectivity index (χ2v) is 6.51. The smallest absolute Gasteiger partial charge is 0.225 e. The molecule has 110 valence electrons. The molecule has 1 heterocycles. The molecule has 3 N–H and O–H groups in total. The van der Waals surface area contributed by atoms with Gasteiger partial charge in [0.25, 0.3) is 0 Å². The lowest BCUT2D eigenvalue weighted by Crippen LogP contribution is -2.45. The molecule has 0 saturated heterocycles. The molecule has 2 bridgehead atoms. The fraction of sp³-hybridized carbons (Fsp3) is 0.733. The number of carbonyl (C=O) groups is 1. The number of fused-ring (bicyclic) bond motifs is 2. The van der Waals surface area contributed by atoms with Gasteiger partial charge in [0, 0.05) is 24.8 Å². The van der Waals surface area contributed by atoms with Crippen LogP contribution in [0.25, 0.3) is 0 Å². The zero-order valence-corrected chi connectivity index (χ0v) is 12.5. The van der Waals surface area contributed by atoms with Gasteiger partial charge in [-0.3, -0.25) is 9.48 Å². The van der Waals surface area contributed by atoms with Gasteiger partial charge in [0.05, 0.1) is 17.7 Å². The van der Waals surface area contributed by atoms with Crippen LogP contribution in [-0.4, -0.2) is 21.7 Å². The number of hydrogen-bond acceptors (Lipinski definition) is 3. The monoisotopic (exact) mass is 276 g/mol. The average Bonchev–Trinajstić information content (AvgIpc) is 3.03. The van der Waals surface area contributed by atoms with E-state index in [9.17, 15) is 4.79 Å². The first kappa shape index (κ1) is 13.6. The van der Waals surface area contributed by atoms with Crippen molar-refractivity contribution in [2.75, 3.05) is 0 Å². The summed E-state index contributed by atoms with van der Waals surface area (Å²) in [4.78, 5) is 12.5. The number of nitrogens with two attached hydrogens (primary N) is 1. The summed E-state index contributed by atoms with van der Waals surface area (Å²) in [5.74, 6) is 1.19. The highest BCUT2D eigenvalue weighted by molar-refractivity contribution is 5.80. The Balaban J connectivity index is 1.69. The molecule has 1 aromatic rings. The molecular formula is C15H24N4O. The lowest BCUT2D eigenvalue weighted by molar-refractivity contribution is -0.127. The van der Waals surface area contributed by atoms with Gasteiger partial charge in [0.1, 0.15) is 0 Å². The number of amides is 1. The molecule has 5 nitrogen and oxygen atoms in total. The number of aryl methyl sites for hydroxylation is 2. The highest BCUT2D eigenvalue weighted by Gasteiger charge is 2.49. The van der Waals surface area contributed by atoms with Crippen molar-refractivity contribution in [3.63, 3.8) is 0 Å². The molecule has 1 amide bonds. The summed E-state index contributed by atoms with van der Waals surface area (Å²) in [6.45, 7) is 3.99. The Morgan fingerprint density at radius 3 is 2.75 bits per heavy atom. The lowest BCUT2D eigenvalue weighted by atomic mass is 9.84. The molecule has 0 radical (unpaired) electrons. The maximum Gasteiger partial charge on any atom is 0.225 e. The van der Waals surface area contributed by atoms with E-state index in [1.54, 1.807) is 4.68 Å². The van der Waals surface area contributed by atoms with Gasteiger partial charge in [-0.1, -0.05) is 0 Å². The van der Waals surface area contributed by atoms with Crippen LogP contribution in [0.4, 0.5) is 0 Å². The first-order valence-electron chi connectivity index (χ1n) is 7.53. The maximum atomic E-state index is 12.5. The van der Waals surface area contributed by atoms with E-state index < -0.39 is 0 Å². The van der Waals surface area contributed by atoms with Crippen LogP contribution in [0.15, 0.2) is 6.20 Å². The predicted molar refractivity (Wildman–Crippen MR) is 76.8 cm³/mol. The predicted octanol–water partition coefficient (Wildman–Crippen LogP) is 1.28. The minimum atomic E-state index is -0.0115. The summed E-state index contributed by atoms with van der Waals surface area (Å²) < 4.78 is 1.79. The first-order chi connectivity index (χ1) is 9.47. The Morgan fingerprint density at radius 1 is 1.50 bits per heavy atom. The van der Waals surface area contributed by atoms with Crippen LogP contribution in [0.2, 0.25) is 0 Å². The fourth-order valence-corrected chi connectivity index (χ4v) is 4.16. The number of hydrogen-bond donors (Lipinski definition) is 2. The van der Waals surface area contributed by atoms with E-state index in [1.807, 2.05) is 27.1 Å². The van der Waals surface area contributed by atoms with Gasteiger partial charge in [0.15, 0.2) is 0 Å². The summed E-state index contributed by atoms with van der Waals surface area (Å²) in [5.41, 5.74) is 8.29. The fourth-order valence-electron chi connectivity index (χ4n) is 4.16. The number of aromatic nitrogens is 2. The third-order valence-electron chi connectivity index (χ3n) is 5.16. The van der Waals surface area contributed by atoms with Gasteiger partial charge in [-0.25, -0.2) is 0 Å². The molecule has 5 heteroatoms. The van der Waals surface area contributed by atoms with Crippen molar-refractivity contribution < 1.29 is 4.79 Å². The van der Waals surface area contributed by atoms with Crippen LogP contribution in [-0.2, 0) is 11.8 Å². The molecule has 2 fully saturated rings. The SMILES string of the molecule is Cc1nn(C)cc1C(C)NC(=O)C1C2CCC(C2)C1N. The average molecular weight is 276 g/mol. The van der Waals surface area contributed by atoms with Crippen LogP contribution in [0.3, 0.4) is 0 Å². The van der Waals surface area contributed by atoms with Crippen molar-refractivity contribution in [1.29, 1.82) is 0 Å². The van der Waals surface area contributed by atoms with Crippen molar-refractivity contribution in [1.82, 2.24) is 15.1 Å². The highest BCUT2D eigenvalue weighted by atomic mass is 16.2. The summed E-state index contributed by atoms with van der Waals surface area (Å²) in [6, 6.07) is 0.0403. The normalized spacial score (nSPS) is 33.4. The van der Waals surface area contributed by atoms with Crippen LogP contribution in [0.5, 0.6) is 0 Å². The van der Waals surface area contributed by atoms with Crippen molar-refractivity contribution in [2.45, 2.75) is 45.2 Å². The third kappa shape index (κ3) is 2.14. The second-order valence-electron chi connectivity index (χ2n) is 6.51. The zero-order valence-electron chi connectivity index (χ0n) is 12.5. The second kappa shape index (κ2) is 4.88. The summed E-state index contributed by atoms with van der Waals surface area (Å²) in [7, 11) is 1.90. The Morgan fingerprint density at radius 2 is 2.20 bits per heavy atom. The Bertz CT molecular complexity index is 522. The largest absolute Gasteiger partial charge is 0.349 e. The highest BCUT2D eigenvalue weighted by Crippen LogP contribution is 2.47. The Labute approximate surface area is 119 Å². The van der Waals surface area contributed by atoms with Gasteiger partial charge in [-0.2, -0.15) is 5.10 Å². The van der Waals surface area contributed by atoms with Gasteiger partial charge in [0.2, 0.25) is 5.91 Å². The Hall–Kier alpha value is -1.36. The van der Waals surface area contributed by atoms with E-state index >= 15 is 0 Å². The number of nitrogens with one attached hydrogen (secondary N) is 1. The van der Waals surface area contributed by atoms with E-state index in [0.29, 0.717) is 11.8 Å². The van der Waals surface area contributed by atoms with Crippen LogP contribution in [0, 0.1) is 24.7 Å². The number of nitrogens with zero attached hydrogens (tertiary/aromatic N) is 2. The molecule has 5 atom stereocenters. The molecule has 2 saturated carbocycles. The van der Waals surface area contributed by atoms with Gasteiger partial charge in [-0.05, 0) is 44.9 Å². The Kier molecular flexibility index (Phi) is 3.32. The molecule has 0 aromatic carbocycles. The van der Waals surface area contributed by atoms with Crippen molar-refractivity contribution in [2.24, 2.45) is 30.5 Å². The van der Waals surface area contributed by atoms with Gasteiger partial charge < -0.3 is 11.1 Å². The molecule has 5 unspecified atom stereocenters. The first-order valence-corrected chi connectivity index (χ1v) is 7.53. The molecule has 1 aromatic heterocycles. The third-order valence-corrected chi connectivity index (χ3v) is 5.16. The van der Waals surface area contributed by atoms with Crippen LogP contribution >= 0.6 is 0 Å². The van der Waals surface area contributed by atoms with E-state index in [2.05, 4.69) is 10.4 Å². The van der Waals surface area contributed by atoms with Crippen LogP contribution < -0.4 is 11.1 Å². The summed E-state index contributed by atoms with van der Waals surface area (Å²) in [5, 5.41) is 7.47. The van der Waals surface area contributed by atoms with Gasteiger partial charge >= 0.3 is 0 Å². The molecular weight excluding hydrogens is 252 g/mol. The van der Waals surface area contributed by atoms with E-state index in [0.717, 1.165) is 24.1 Å². The zero-order chi connectivity index (χ0) is 14.4. The van der Waals surface area contributed by atoms with E-state index in [-0.39, 0.29) is 23.9 Å². The molecule has 2 aliphatic rings. The lowest BCUT2D eigenvalue weighted by Gasteiger charge is -2.28. The number of carbonyl (C=O) groups excluding carboxylic acids is 1. The minimum Gasteiger partial charge on any atom is -0.349 e. The molecule has 0 aliphatic heterocycles. The van der Waals surface area contributed by atoms with Crippen molar-refractivity contribution in [3.05, 3.63) is 17.5 Å². The summed E-state index contributed by atoms with van der Waals surface area (Å²) in [6.07, 6.45) is 5.48. The molecule has 20 heavy (non-hydrogen) atoms. The van der Waals surface area contributed by atoms with Gasteiger partial charge in [-0.15, -0.1) is 0 Å². The van der Waals surface area contributed by atoms with Crippen molar-refractivity contribution in [3.8, 4) is 0 Å². The quantitative estimate of drug-likeness (QED) is 0.873. The van der Waals surface area contributed by atoms with E-state index in [4.69, 9.17) is 5.73 Å². The molecule has 2 aliphatic carbocycles. The molecule has 3 rings (SSSR count). The summed E-state index contributed by atoms with van der Waals surface area (Å²) >= 11 is 0. The standard InChI is InChI=1S/C15H24N4O/c1-8(12-7-19(3)18-9(12)2)17-15(20)13-10-4-5-11(6-10)14(13)16/h7-8,10-11,13-14H,4-6,16H2,1-3H3,(H,17,20). The van der Waals surface area contributed by atoms with Crippen LogP contribution in [0.1, 0.15) is 43.5 Å². The molecule has 0 spiro atoms. The topological polar surface area (TPSA) is 72.9 Å². The van der Waals surface area contributed by atoms with E-state index in [1.165, 1.54) is 6.42 Å². The number of rotatable bonds is 3. The van der Waals surface area contributed by atoms with Crippen molar-refractivity contribution >= 4 is 5.91 Å². The maximum absolute atomic E-state index is 12.5.